The van der Waals surface area contributed by atoms with Crippen LogP contribution in [0, 0.1) is 6.92 Å². The maximum absolute atomic E-state index is 5.90. The van der Waals surface area contributed by atoms with E-state index in [0.717, 1.165) is 18.5 Å². The predicted octanol–water partition coefficient (Wildman–Crippen LogP) is 4.37. The largest absolute Gasteiger partial charge is 0.451 e. The topological polar surface area (TPSA) is 30.8 Å². The van der Waals surface area contributed by atoms with E-state index in [0.29, 0.717) is 12.7 Å². The van der Waals surface area contributed by atoms with Crippen LogP contribution >= 0.6 is 0 Å². The fourth-order valence-electron chi connectivity index (χ4n) is 2.34. The van der Waals surface area contributed by atoms with Crippen molar-refractivity contribution in [3.63, 3.8) is 0 Å². The molecule has 2 rings (SSSR count). The maximum Gasteiger partial charge on any atom is 0.389 e. The van der Waals surface area contributed by atoms with Crippen LogP contribution in [-0.4, -0.2) is 18.8 Å². The average molecular weight is 261 g/mol. The first kappa shape index (κ1) is 13.9. The summed E-state index contributed by atoms with van der Waals surface area (Å²) in [5.41, 5.74) is 2.08. The van der Waals surface area contributed by atoms with Gasteiger partial charge in [0, 0.05) is 0 Å². The third kappa shape index (κ3) is 4.58. The minimum absolute atomic E-state index is 0.267. The van der Waals surface area contributed by atoms with Gasteiger partial charge in [-0.2, -0.15) is 4.99 Å². The van der Waals surface area contributed by atoms with E-state index in [1.807, 2.05) is 25.1 Å². The minimum Gasteiger partial charge on any atom is -0.451 e. The van der Waals surface area contributed by atoms with Crippen LogP contribution in [0.3, 0.4) is 0 Å². The molecule has 0 amide bonds. The second-order valence-corrected chi connectivity index (χ2v) is 5.03. The first-order valence-electron chi connectivity index (χ1n) is 7.22. The lowest BCUT2D eigenvalue weighted by Crippen LogP contribution is -2.22. The van der Waals surface area contributed by atoms with E-state index in [4.69, 9.17) is 9.47 Å². The Balaban J connectivity index is 2.05. The number of aliphatic imine (C=N–C) groups is 1. The summed E-state index contributed by atoms with van der Waals surface area (Å²) in [7, 11) is 0. The van der Waals surface area contributed by atoms with E-state index in [1.54, 1.807) is 0 Å². The Labute approximate surface area is 115 Å². The molecule has 3 heteroatoms. The standard InChI is InChI=1S/C16H23NO2/c1-3-18-16(19-15-10-5-4-6-11-15)17-14-9-7-8-13(2)12-14/h7-9,12,15H,3-6,10-11H2,1-2H3. The predicted molar refractivity (Wildman–Crippen MR) is 77.9 cm³/mol. The minimum atomic E-state index is 0.267. The third-order valence-electron chi connectivity index (χ3n) is 3.31. The van der Waals surface area contributed by atoms with Gasteiger partial charge >= 0.3 is 6.08 Å². The first-order chi connectivity index (χ1) is 9.28. The van der Waals surface area contributed by atoms with Crippen molar-refractivity contribution in [3.8, 4) is 0 Å². The number of hydrogen-bond donors (Lipinski definition) is 0. The third-order valence-corrected chi connectivity index (χ3v) is 3.31. The molecule has 0 aliphatic heterocycles. The van der Waals surface area contributed by atoms with Crippen LogP contribution in [0.5, 0.6) is 0 Å². The number of aryl methyl sites for hydroxylation is 1. The Morgan fingerprint density at radius 1 is 1.26 bits per heavy atom. The second-order valence-electron chi connectivity index (χ2n) is 5.03. The Hall–Kier alpha value is -1.51. The molecule has 1 fully saturated rings. The van der Waals surface area contributed by atoms with Crippen molar-refractivity contribution in [1.29, 1.82) is 0 Å². The molecule has 104 valence electrons. The van der Waals surface area contributed by atoms with Crippen molar-refractivity contribution in [2.75, 3.05) is 6.61 Å². The van der Waals surface area contributed by atoms with Gasteiger partial charge in [-0.15, -0.1) is 0 Å². The molecule has 0 aromatic heterocycles. The van der Waals surface area contributed by atoms with Gasteiger partial charge in [0.05, 0.1) is 12.3 Å². The second kappa shape index (κ2) is 7.17. The summed E-state index contributed by atoms with van der Waals surface area (Å²) >= 11 is 0. The summed E-state index contributed by atoms with van der Waals surface area (Å²) in [5, 5.41) is 0. The molecular formula is C16H23NO2. The van der Waals surface area contributed by atoms with Gasteiger partial charge < -0.3 is 9.47 Å². The number of benzene rings is 1. The molecule has 0 atom stereocenters. The van der Waals surface area contributed by atoms with Gasteiger partial charge in [-0.25, -0.2) is 0 Å². The Bertz CT molecular complexity index is 423. The molecule has 0 heterocycles. The van der Waals surface area contributed by atoms with Crippen LogP contribution in [0.1, 0.15) is 44.6 Å². The highest BCUT2D eigenvalue weighted by Gasteiger charge is 2.17. The van der Waals surface area contributed by atoms with Crippen molar-refractivity contribution in [1.82, 2.24) is 0 Å². The number of nitrogens with zero attached hydrogens (tertiary/aromatic N) is 1. The summed E-state index contributed by atoms with van der Waals surface area (Å²) in [6.07, 6.45) is 6.71. The van der Waals surface area contributed by atoms with Crippen LogP contribution in [0.4, 0.5) is 5.69 Å². The maximum atomic E-state index is 5.90. The molecule has 0 unspecified atom stereocenters. The van der Waals surface area contributed by atoms with Crippen LogP contribution in [0.2, 0.25) is 0 Å². The molecule has 0 saturated heterocycles. The highest BCUT2D eigenvalue weighted by molar-refractivity contribution is 5.71. The van der Waals surface area contributed by atoms with E-state index in [9.17, 15) is 0 Å². The van der Waals surface area contributed by atoms with Gasteiger partial charge in [0.25, 0.3) is 0 Å². The first-order valence-corrected chi connectivity index (χ1v) is 7.22. The van der Waals surface area contributed by atoms with Crippen LogP contribution < -0.4 is 0 Å². The summed E-state index contributed by atoms with van der Waals surface area (Å²) in [5.74, 6) is 0. The van der Waals surface area contributed by atoms with Gasteiger partial charge in [-0.05, 0) is 57.2 Å². The average Bonchev–Trinajstić information content (AvgIpc) is 2.40. The Kier molecular flexibility index (Phi) is 5.25. The summed E-state index contributed by atoms with van der Waals surface area (Å²) < 4.78 is 11.4. The lowest BCUT2D eigenvalue weighted by atomic mass is 9.98. The molecule has 1 aromatic carbocycles. The van der Waals surface area contributed by atoms with Gasteiger partial charge in [-0.3, -0.25) is 0 Å². The molecule has 1 aromatic rings. The number of hydrogen-bond acceptors (Lipinski definition) is 3. The van der Waals surface area contributed by atoms with Crippen LogP contribution in [-0.2, 0) is 9.47 Å². The zero-order chi connectivity index (χ0) is 13.5. The van der Waals surface area contributed by atoms with E-state index < -0.39 is 0 Å². The molecule has 1 saturated carbocycles. The van der Waals surface area contributed by atoms with Gasteiger partial charge in [0.1, 0.15) is 6.10 Å². The summed E-state index contributed by atoms with van der Waals surface area (Å²) in [6, 6.07) is 8.05. The van der Waals surface area contributed by atoms with Gasteiger partial charge in [-0.1, -0.05) is 18.6 Å². The normalized spacial score (nSPS) is 17.3. The van der Waals surface area contributed by atoms with Crippen molar-refractivity contribution in [3.05, 3.63) is 29.8 Å². The lowest BCUT2D eigenvalue weighted by molar-refractivity contribution is 0.0857. The highest BCUT2D eigenvalue weighted by Crippen LogP contribution is 2.22. The van der Waals surface area contributed by atoms with E-state index in [2.05, 4.69) is 18.0 Å². The summed E-state index contributed by atoms with van der Waals surface area (Å²) in [4.78, 5) is 4.48. The SMILES string of the molecule is CCOC(=Nc1cccc(C)c1)OC1CCCCC1. The highest BCUT2D eigenvalue weighted by atomic mass is 16.7. The molecular weight excluding hydrogens is 238 g/mol. The van der Waals surface area contributed by atoms with E-state index >= 15 is 0 Å². The molecule has 0 N–H and O–H groups in total. The summed E-state index contributed by atoms with van der Waals surface area (Å²) in [6.45, 7) is 4.59. The van der Waals surface area contributed by atoms with Gasteiger partial charge in [0.2, 0.25) is 0 Å². The number of rotatable bonds is 3. The zero-order valence-corrected chi connectivity index (χ0v) is 11.9. The Morgan fingerprint density at radius 3 is 2.74 bits per heavy atom. The smallest absolute Gasteiger partial charge is 0.389 e. The molecule has 1 aliphatic rings. The fraction of sp³-hybridized carbons (Fsp3) is 0.562. The van der Waals surface area contributed by atoms with E-state index in [1.165, 1.54) is 24.8 Å². The van der Waals surface area contributed by atoms with Crippen molar-refractivity contribution in [2.24, 2.45) is 4.99 Å². The molecule has 3 nitrogen and oxygen atoms in total. The fourth-order valence-corrected chi connectivity index (χ4v) is 2.34. The quantitative estimate of drug-likeness (QED) is 0.597. The van der Waals surface area contributed by atoms with E-state index in [-0.39, 0.29) is 6.10 Å². The van der Waals surface area contributed by atoms with Crippen LogP contribution in [0.25, 0.3) is 0 Å². The molecule has 1 aliphatic carbocycles. The Morgan fingerprint density at radius 2 is 2.05 bits per heavy atom. The molecule has 0 spiro atoms. The monoisotopic (exact) mass is 261 g/mol. The van der Waals surface area contributed by atoms with Crippen molar-refractivity contribution in [2.45, 2.75) is 52.1 Å². The van der Waals surface area contributed by atoms with Gasteiger partial charge in [0.15, 0.2) is 0 Å². The number of ether oxygens (including phenoxy) is 2. The van der Waals surface area contributed by atoms with Crippen LogP contribution in [0.15, 0.2) is 29.3 Å². The van der Waals surface area contributed by atoms with Crippen molar-refractivity contribution < 1.29 is 9.47 Å². The molecule has 0 radical (unpaired) electrons. The molecule has 0 bridgehead atoms. The van der Waals surface area contributed by atoms with Crippen molar-refractivity contribution >= 4 is 11.8 Å². The lowest BCUT2D eigenvalue weighted by Gasteiger charge is -2.23. The zero-order valence-electron chi connectivity index (χ0n) is 11.9. The molecule has 19 heavy (non-hydrogen) atoms.